The predicted molar refractivity (Wildman–Crippen MR) is 80.0 cm³/mol. The van der Waals surface area contributed by atoms with Gasteiger partial charge in [0.15, 0.2) is 5.58 Å². The molecule has 1 aromatic heterocycles. The topological polar surface area (TPSA) is 64.4 Å². The Hall–Kier alpha value is -2.11. The third-order valence-electron chi connectivity index (χ3n) is 4.02. The first kappa shape index (κ1) is 14.8. The van der Waals surface area contributed by atoms with Crippen molar-refractivity contribution in [3.63, 3.8) is 0 Å². The molecule has 0 saturated heterocycles. The van der Waals surface area contributed by atoms with Gasteiger partial charge in [0.1, 0.15) is 11.3 Å². The van der Waals surface area contributed by atoms with Gasteiger partial charge in [0.2, 0.25) is 0 Å². The molecule has 0 unspecified atom stereocenters. The van der Waals surface area contributed by atoms with Gasteiger partial charge in [0, 0.05) is 12.1 Å². The van der Waals surface area contributed by atoms with E-state index in [0.29, 0.717) is 23.7 Å². The Morgan fingerprint density at radius 3 is 2.91 bits per heavy atom. The summed E-state index contributed by atoms with van der Waals surface area (Å²) < 4.78 is 23.8. The minimum Gasteiger partial charge on any atom is -0.466 e. The summed E-state index contributed by atoms with van der Waals surface area (Å²) >= 11 is 0. The van der Waals surface area contributed by atoms with Gasteiger partial charge in [-0.15, -0.1) is 0 Å². The number of oxazole rings is 1. The van der Waals surface area contributed by atoms with Crippen molar-refractivity contribution in [2.45, 2.75) is 38.6 Å². The fourth-order valence-corrected chi connectivity index (χ4v) is 2.87. The lowest BCUT2D eigenvalue weighted by atomic mass is 9.86. The van der Waals surface area contributed by atoms with Crippen LogP contribution in [0.3, 0.4) is 0 Å². The van der Waals surface area contributed by atoms with Crippen molar-refractivity contribution in [2.75, 3.05) is 11.9 Å². The number of esters is 1. The molecule has 22 heavy (non-hydrogen) atoms. The summed E-state index contributed by atoms with van der Waals surface area (Å²) in [4.78, 5) is 15.9. The smallest absolute Gasteiger partial charge is 0.308 e. The zero-order valence-corrected chi connectivity index (χ0v) is 12.5. The first-order valence-electron chi connectivity index (χ1n) is 7.65. The summed E-state index contributed by atoms with van der Waals surface area (Å²) in [6.07, 6.45) is 3.31. The first-order valence-corrected chi connectivity index (χ1v) is 7.65. The molecule has 1 aliphatic carbocycles. The molecule has 0 spiro atoms. The summed E-state index contributed by atoms with van der Waals surface area (Å²) in [5.74, 6) is -0.434. The van der Waals surface area contributed by atoms with Gasteiger partial charge in [0.05, 0.1) is 12.5 Å². The number of halogens is 1. The van der Waals surface area contributed by atoms with Gasteiger partial charge in [-0.05, 0) is 44.7 Å². The molecule has 0 atom stereocenters. The number of ether oxygens (including phenoxy) is 1. The Morgan fingerprint density at radius 1 is 1.41 bits per heavy atom. The number of hydrogen-bond donors (Lipinski definition) is 1. The molecule has 2 aromatic rings. The van der Waals surface area contributed by atoms with Crippen LogP contribution in [-0.2, 0) is 9.53 Å². The van der Waals surface area contributed by atoms with E-state index in [1.54, 1.807) is 6.07 Å². The van der Waals surface area contributed by atoms with Crippen LogP contribution in [-0.4, -0.2) is 23.6 Å². The fraction of sp³-hybridized carbons (Fsp3) is 0.500. The van der Waals surface area contributed by atoms with E-state index in [4.69, 9.17) is 9.15 Å². The van der Waals surface area contributed by atoms with Gasteiger partial charge >= 0.3 is 5.97 Å². The number of benzene rings is 1. The Kier molecular flexibility index (Phi) is 4.27. The predicted octanol–water partition coefficient (Wildman–Crippen LogP) is 3.50. The van der Waals surface area contributed by atoms with E-state index >= 15 is 0 Å². The number of rotatable bonds is 4. The summed E-state index contributed by atoms with van der Waals surface area (Å²) in [5.41, 5.74) is 1.06. The van der Waals surface area contributed by atoms with Gasteiger partial charge in [-0.25, -0.2) is 4.39 Å². The maximum atomic E-state index is 13.1. The maximum absolute atomic E-state index is 13.1. The van der Waals surface area contributed by atoms with Crippen molar-refractivity contribution < 1.29 is 18.3 Å². The number of hydrogen-bond acceptors (Lipinski definition) is 5. The highest BCUT2D eigenvalue weighted by Crippen LogP contribution is 2.28. The Labute approximate surface area is 127 Å². The van der Waals surface area contributed by atoms with E-state index in [0.717, 1.165) is 25.7 Å². The van der Waals surface area contributed by atoms with Crippen LogP contribution in [0.2, 0.25) is 0 Å². The zero-order valence-electron chi connectivity index (χ0n) is 12.5. The second-order valence-corrected chi connectivity index (χ2v) is 5.58. The maximum Gasteiger partial charge on any atom is 0.308 e. The lowest BCUT2D eigenvalue weighted by Crippen LogP contribution is -2.30. The van der Waals surface area contributed by atoms with Crippen LogP contribution in [0, 0.1) is 11.7 Å². The fourth-order valence-electron chi connectivity index (χ4n) is 2.87. The Bertz CT molecular complexity index is 662. The average molecular weight is 306 g/mol. The molecule has 1 fully saturated rings. The molecule has 1 aromatic carbocycles. The number of nitrogens with zero attached hydrogens (tertiary/aromatic N) is 1. The number of carbonyl (C=O) groups excluding carboxylic acids is 1. The van der Waals surface area contributed by atoms with E-state index in [1.807, 2.05) is 6.92 Å². The van der Waals surface area contributed by atoms with Crippen LogP contribution in [0.4, 0.5) is 10.4 Å². The van der Waals surface area contributed by atoms with Crippen molar-refractivity contribution in [2.24, 2.45) is 5.92 Å². The first-order chi connectivity index (χ1) is 10.7. The minimum atomic E-state index is -0.331. The molecule has 0 aliphatic heterocycles. The summed E-state index contributed by atoms with van der Waals surface area (Å²) in [6, 6.07) is 4.88. The normalized spacial score (nSPS) is 21.7. The van der Waals surface area contributed by atoms with E-state index in [-0.39, 0.29) is 23.7 Å². The van der Waals surface area contributed by atoms with Crippen LogP contribution < -0.4 is 5.32 Å². The highest BCUT2D eigenvalue weighted by molar-refractivity contribution is 5.74. The molecule has 118 valence electrons. The Morgan fingerprint density at radius 2 is 2.18 bits per heavy atom. The molecular formula is C16H19FN2O3. The second kappa shape index (κ2) is 6.34. The van der Waals surface area contributed by atoms with E-state index in [2.05, 4.69) is 10.3 Å². The Balaban J connectivity index is 1.58. The summed E-state index contributed by atoms with van der Waals surface area (Å²) in [7, 11) is 0. The van der Waals surface area contributed by atoms with Crippen LogP contribution in [0.15, 0.2) is 22.6 Å². The minimum absolute atomic E-state index is 0.00396. The lowest BCUT2D eigenvalue weighted by molar-refractivity contribution is -0.149. The van der Waals surface area contributed by atoms with Gasteiger partial charge in [-0.2, -0.15) is 4.98 Å². The van der Waals surface area contributed by atoms with E-state index < -0.39 is 0 Å². The highest BCUT2D eigenvalue weighted by atomic mass is 19.1. The van der Waals surface area contributed by atoms with Crippen molar-refractivity contribution in [3.05, 3.63) is 24.0 Å². The number of nitrogens with one attached hydrogen (secondary N) is 1. The molecule has 1 heterocycles. The molecule has 6 heteroatoms. The summed E-state index contributed by atoms with van der Waals surface area (Å²) in [6.45, 7) is 2.25. The van der Waals surface area contributed by atoms with Crippen LogP contribution in [0.1, 0.15) is 32.6 Å². The van der Waals surface area contributed by atoms with Crippen LogP contribution in [0.5, 0.6) is 0 Å². The second-order valence-electron chi connectivity index (χ2n) is 5.58. The average Bonchev–Trinajstić information content (AvgIpc) is 2.89. The summed E-state index contributed by atoms with van der Waals surface area (Å²) in [5, 5.41) is 3.23. The molecule has 0 amide bonds. The third kappa shape index (κ3) is 3.21. The van der Waals surface area contributed by atoms with Crippen LogP contribution >= 0.6 is 0 Å². The standard InChI is InChI=1S/C16H19FN2O3/c1-2-21-15(20)10-3-6-12(7-4-10)18-16-19-13-9-11(17)5-8-14(13)22-16/h5,8-10,12H,2-4,6-7H2,1H3,(H,18,19). The molecule has 1 N–H and O–H groups in total. The molecule has 1 aliphatic rings. The largest absolute Gasteiger partial charge is 0.466 e. The molecule has 0 bridgehead atoms. The third-order valence-corrected chi connectivity index (χ3v) is 4.02. The van der Waals surface area contributed by atoms with Crippen LogP contribution in [0.25, 0.3) is 11.1 Å². The zero-order chi connectivity index (χ0) is 15.5. The molecule has 5 nitrogen and oxygen atoms in total. The highest BCUT2D eigenvalue weighted by Gasteiger charge is 2.27. The number of fused-ring (bicyclic) bond motifs is 1. The van der Waals surface area contributed by atoms with E-state index in [1.165, 1.54) is 12.1 Å². The SMILES string of the molecule is CCOC(=O)C1CCC(Nc2nc3cc(F)ccc3o2)CC1. The van der Waals surface area contributed by atoms with Crippen molar-refractivity contribution >= 4 is 23.1 Å². The molecule has 3 rings (SSSR count). The van der Waals surface area contributed by atoms with Crippen molar-refractivity contribution in [1.82, 2.24) is 4.98 Å². The van der Waals surface area contributed by atoms with Crippen molar-refractivity contribution in [3.8, 4) is 0 Å². The quantitative estimate of drug-likeness (QED) is 0.876. The van der Waals surface area contributed by atoms with Gasteiger partial charge in [0.25, 0.3) is 6.01 Å². The monoisotopic (exact) mass is 306 g/mol. The number of carbonyl (C=O) groups is 1. The van der Waals surface area contributed by atoms with Gasteiger partial charge < -0.3 is 14.5 Å². The van der Waals surface area contributed by atoms with Crippen molar-refractivity contribution in [1.29, 1.82) is 0 Å². The number of aromatic nitrogens is 1. The molecule has 0 radical (unpaired) electrons. The molecule has 1 saturated carbocycles. The van der Waals surface area contributed by atoms with E-state index in [9.17, 15) is 9.18 Å². The lowest BCUT2D eigenvalue weighted by Gasteiger charge is -2.27. The van der Waals surface area contributed by atoms with Gasteiger partial charge in [-0.3, -0.25) is 4.79 Å². The molecular weight excluding hydrogens is 287 g/mol. The number of anilines is 1. The van der Waals surface area contributed by atoms with Gasteiger partial charge in [-0.1, -0.05) is 0 Å².